The number of aliphatic hydroxyl groups excluding tert-OH is 1. The second-order valence-corrected chi connectivity index (χ2v) is 8.92. The number of ketones is 1. The van der Waals surface area contributed by atoms with Crippen molar-refractivity contribution in [3.63, 3.8) is 0 Å². The van der Waals surface area contributed by atoms with Gasteiger partial charge < -0.3 is 14.9 Å². The number of nitrogens with zero attached hydrogens (tertiary/aromatic N) is 1. The van der Waals surface area contributed by atoms with Crippen molar-refractivity contribution in [2.75, 3.05) is 12.0 Å². The average Bonchev–Trinajstić information content (AvgIpc) is 3.03. The fourth-order valence-electron chi connectivity index (χ4n) is 4.25. The summed E-state index contributed by atoms with van der Waals surface area (Å²) in [6, 6.07) is 13.5. The quantitative estimate of drug-likeness (QED) is 0.264. The normalized spacial score (nSPS) is 17.3. The number of halogens is 2. The number of ether oxygens (including phenoxy) is 1. The monoisotopic (exact) mass is 497 g/mol. The number of hydrogen-bond acceptors (Lipinski definition) is 5. The highest BCUT2D eigenvalue weighted by Crippen LogP contribution is 2.45. The molecule has 4 rings (SSSR count). The van der Waals surface area contributed by atoms with Crippen LogP contribution in [0, 0.1) is 13.8 Å². The van der Waals surface area contributed by atoms with E-state index >= 15 is 0 Å². The Morgan fingerprint density at radius 3 is 2.18 bits per heavy atom. The highest BCUT2D eigenvalue weighted by Gasteiger charge is 2.47. The number of methoxy groups -OCH3 is 1. The Morgan fingerprint density at radius 1 is 0.971 bits per heavy atom. The molecule has 1 unspecified atom stereocenters. The predicted octanol–water partition coefficient (Wildman–Crippen LogP) is 5.95. The number of phenolic OH excluding ortho intramolecular Hbond substituents is 1. The molecule has 0 aromatic heterocycles. The number of aliphatic hydroxyl groups is 1. The molecule has 1 atom stereocenters. The molecule has 0 aliphatic carbocycles. The van der Waals surface area contributed by atoms with E-state index in [1.54, 1.807) is 24.3 Å². The smallest absolute Gasteiger partial charge is 0.300 e. The minimum atomic E-state index is -0.968. The molecule has 1 fully saturated rings. The molecule has 174 valence electrons. The molecule has 0 bridgehead atoms. The third kappa shape index (κ3) is 4.11. The molecule has 8 heteroatoms. The van der Waals surface area contributed by atoms with Crippen molar-refractivity contribution in [2.24, 2.45) is 0 Å². The van der Waals surface area contributed by atoms with Gasteiger partial charge in [0.1, 0.15) is 17.3 Å². The van der Waals surface area contributed by atoms with Crippen LogP contribution in [0.25, 0.3) is 5.76 Å². The molecule has 3 aromatic rings. The van der Waals surface area contributed by atoms with Gasteiger partial charge in [0.2, 0.25) is 0 Å². The third-order valence-corrected chi connectivity index (χ3v) is 6.10. The van der Waals surface area contributed by atoms with E-state index in [9.17, 15) is 19.8 Å². The van der Waals surface area contributed by atoms with Crippen LogP contribution >= 0.6 is 23.2 Å². The Hall–Kier alpha value is -3.48. The summed E-state index contributed by atoms with van der Waals surface area (Å²) in [4.78, 5) is 28.0. The van der Waals surface area contributed by atoms with Crippen LogP contribution in [0.15, 0.2) is 60.2 Å². The van der Waals surface area contributed by atoms with E-state index in [0.29, 0.717) is 11.3 Å². The van der Waals surface area contributed by atoms with Crippen LogP contribution in [-0.2, 0) is 9.59 Å². The van der Waals surface area contributed by atoms with Crippen LogP contribution in [0.5, 0.6) is 11.5 Å². The molecule has 1 saturated heterocycles. The number of aromatic hydroxyl groups is 1. The zero-order valence-corrected chi connectivity index (χ0v) is 20.1. The van der Waals surface area contributed by atoms with Crippen LogP contribution in [0.1, 0.15) is 28.3 Å². The lowest BCUT2D eigenvalue weighted by Gasteiger charge is -2.26. The summed E-state index contributed by atoms with van der Waals surface area (Å²) >= 11 is 12.4. The summed E-state index contributed by atoms with van der Waals surface area (Å²) in [6.07, 6.45) is 0. The van der Waals surface area contributed by atoms with Gasteiger partial charge in [0.25, 0.3) is 11.7 Å². The molecule has 1 aliphatic heterocycles. The third-order valence-electron chi connectivity index (χ3n) is 5.61. The fraction of sp³-hybridized carbons (Fsp3) is 0.154. The molecule has 0 spiro atoms. The number of Topliss-reactive ketones (excluding diaryl/α,β-unsaturated/α-hetero) is 1. The van der Waals surface area contributed by atoms with E-state index in [1.165, 1.54) is 36.3 Å². The van der Waals surface area contributed by atoms with Crippen LogP contribution in [0.3, 0.4) is 0 Å². The maximum Gasteiger partial charge on any atom is 0.300 e. The van der Waals surface area contributed by atoms with Crippen molar-refractivity contribution in [2.45, 2.75) is 19.9 Å². The number of hydrogen-bond donors (Lipinski definition) is 2. The number of benzene rings is 3. The lowest BCUT2D eigenvalue weighted by molar-refractivity contribution is -0.132. The highest BCUT2D eigenvalue weighted by molar-refractivity contribution is 6.52. The van der Waals surface area contributed by atoms with E-state index in [0.717, 1.165) is 11.1 Å². The summed E-state index contributed by atoms with van der Waals surface area (Å²) < 4.78 is 5.35. The first kappa shape index (κ1) is 23.7. The van der Waals surface area contributed by atoms with Crippen LogP contribution < -0.4 is 9.64 Å². The van der Waals surface area contributed by atoms with E-state index in [-0.39, 0.29) is 32.7 Å². The van der Waals surface area contributed by atoms with Crippen molar-refractivity contribution in [1.29, 1.82) is 0 Å². The largest absolute Gasteiger partial charge is 0.508 e. The Labute approximate surface area is 206 Å². The maximum atomic E-state index is 13.3. The second kappa shape index (κ2) is 9.05. The summed E-state index contributed by atoms with van der Waals surface area (Å²) in [6.45, 7) is 3.78. The summed E-state index contributed by atoms with van der Waals surface area (Å²) in [5.74, 6) is -1.99. The van der Waals surface area contributed by atoms with Gasteiger partial charge in [0.05, 0.1) is 29.3 Å². The Kier molecular flexibility index (Phi) is 6.30. The SMILES string of the molecule is COc1c(Cl)cc(Cl)cc1/C(O)=C1\C(=O)C(=O)N(c2cc(C)cc(C)c2)C1c1ccc(O)cc1. The first-order valence-corrected chi connectivity index (χ1v) is 11.1. The summed E-state index contributed by atoms with van der Waals surface area (Å²) in [5.41, 5.74) is 2.78. The van der Waals surface area contributed by atoms with E-state index < -0.39 is 23.5 Å². The molecule has 1 heterocycles. The van der Waals surface area contributed by atoms with Crippen molar-refractivity contribution < 1.29 is 24.5 Å². The minimum absolute atomic E-state index is 0.0235. The van der Waals surface area contributed by atoms with Gasteiger partial charge in [-0.05, 0) is 66.9 Å². The number of phenols is 1. The standard InChI is InChI=1S/C26H21Cl2NO5/c1-13-8-14(2)10-17(9-13)29-22(15-4-6-18(30)7-5-15)21(24(32)26(29)33)23(31)19-11-16(27)12-20(28)25(19)34-3/h4-12,22,30-31H,1-3H3/b23-21+. The van der Waals surface area contributed by atoms with Gasteiger partial charge in [-0.1, -0.05) is 41.4 Å². The zero-order valence-electron chi connectivity index (χ0n) is 18.6. The van der Waals surface area contributed by atoms with Gasteiger partial charge in [-0.15, -0.1) is 0 Å². The van der Waals surface area contributed by atoms with E-state index in [2.05, 4.69) is 0 Å². The van der Waals surface area contributed by atoms with Crippen LogP contribution in [0.4, 0.5) is 5.69 Å². The van der Waals surface area contributed by atoms with Gasteiger partial charge in [0.15, 0.2) is 0 Å². The number of carbonyl (C=O) groups excluding carboxylic acids is 2. The minimum Gasteiger partial charge on any atom is -0.508 e. The second-order valence-electron chi connectivity index (χ2n) is 8.07. The lowest BCUT2D eigenvalue weighted by atomic mass is 9.94. The fourth-order valence-corrected chi connectivity index (χ4v) is 4.82. The molecule has 1 amide bonds. The number of aryl methyl sites for hydroxylation is 2. The molecule has 0 saturated carbocycles. The summed E-state index contributed by atoms with van der Waals surface area (Å²) in [7, 11) is 1.37. The number of amides is 1. The summed E-state index contributed by atoms with van der Waals surface area (Å²) in [5, 5.41) is 21.5. The molecular weight excluding hydrogens is 477 g/mol. The van der Waals surface area contributed by atoms with Crippen LogP contribution in [0.2, 0.25) is 10.0 Å². The van der Waals surface area contributed by atoms with Gasteiger partial charge in [-0.3, -0.25) is 14.5 Å². The lowest BCUT2D eigenvalue weighted by Crippen LogP contribution is -2.29. The Bertz CT molecular complexity index is 1330. The topological polar surface area (TPSA) is 87.1 Å². The van der Waals surface area contributed by atoms with Gasteiger partial charge in [-0.25, -0.2) is 0 Å². The molecule has 0 radical (unpaired) electrons. The number of anilines is 1. The van der Waals surface area contributed by atoms with Gasteiger partial charge in [-0.2, -0.15) is 0 Å². The van der Waals surface area contributed by atoms with Gasteiger partial charge >= 0.3 is 0 Å². The zero-order chi connectivity index (χ0) is 24.7. The van der Waals surface area contributed by atoms with E-state index in [1.807, 2.05) is 19.9 Å². The highest BCUT2D eigenvalue weighted by atomic mass is 35.5. The van der Waals surface area contributed by atoms with Crippen molar-refractivity contribution in [3.8, 4) is 11.5 Å². The molecule has 6 nitrogen and oxygen atoms in total. The molecule has 1 aliphatic rings. The van der Waals surface area contributed by atoms with Crippen molar-refractivity contribution >= 4 is 46.3 Å². The van der Waals surface area contributed by atoms with Crippen molar-refractivity contribution in [3.05, 3.63) is 92.5 Å². The Balaban J connectivity index is 2.02. The molecule has 3 aromatic carbocycles. The first-order chi connectivity index (χ1) is 16.1. The molecule has 2 N–H and O–H groups in total. The number of rotatable bonds is 4. The van der Waals surface area contributed by atoms with Crippen molar-refractivity contribution in [1.82, 2.24) is 0 Å². The van der Waals surface area contributed by atoms with E-state index in [4.69, 9.17) is 27.9 Å². The maximum absolute atomic E-state index is 13.3. The predicted molar refractivity (Wildman–Crippen MR) is 132 cm³/mol. The van der Waals surface area contributed by atoms with Gasteiger partial charge in [0, 0.05) is 10.7 Å². The Morgan fingerprint density at radius 2 is 1.59 bits per heavy atom. The first-order valence-electron chi connectivity index (χ1n) is 10.3. The number of carbonyl (C=O) groups is 2. The van der Waals surface area contributed by atoms with Crippen LogP contribution in [-0.4, -0.2) is 29.0 Å². The molecule has 34 heavy (non-hydrogen) atoms. The average molecular weight is 498 g/mol. The molecular formula is C26H21Cl2NO5.